The Labute approximate surface area is 86.7 Å². The van der Waals surface area contributed by atoms with E-state index in [4.69, 9.17) is 4.74 Å². The number of carbonyl (C=O) groups is 1. The summed E-state index contributed by atoms with van der Waals surface area (Å²) in [5.74, 6) is -0.217. The van der Waals surface area contributed by atoms with Crippen LogP contribution in [0.1, 0.15) is 26.7 Å². The van der Waals surface area contributed by atoms with Gasteiger partial charge in [0.15, 0.2) is 0 Å². The van der Waals surface area contributed by atoms with Crippen LogP contribution in [-0.4, -0.2) is 38.1 Å². The molecule has 0 bridgehead atoms. The first kappa shape index (κ1) is 13.2. The maximum atomic E-state index is 11.2. The summed E-state index contributed by atoms with van der Waals surface area (Å²) in [4.78, 5) is 13.2. The number of hydrogen-bond donors (Lipinski definition) is 0. The van der Waals surface area contributed by atoms with Crippen molar-refractivity contribution in [1.29, 1.82) is 0 Å². The van der Waals surface area contributed by atoms with Crippen LogP contribution in [0.5, 0.6) is 0 Å². The quantitative estimate of drug-likeness (QED) is 0.483. The van der Waals surface area contributed by atoms with Gasteiger partial charge in [-0.25, -0.2) is 4.79 Å². The van der Waals surface area contributed by atoms with Gasteiger partial charge < -0.3 is 9.64 Å². The second-order valence-electron chi connectivity index (χ2n) is 3.48. The van der Waals surface area contributed by atoms with E-state index < -0.39 is 0 Å². The van der Waals surface area contributed by atoms with E-state index >= 15 is 0 Å². The van der Waals surface area contributed by atoms with Crippen molar-refractivity contribution >= 4 is 5.97 Å². The van der Waals surface area contributed by atoms with E-state index in [1.807, 2.05) is 32.8 Å². The van der Waals surface area contributed by atoms with Crippen LogP contribution in [0.4, 0.5) is 0 Å². The molecule has 0 radical (unpaired) electrons. The van der Waals surface area contributed by atoms with E-state index in [2.05, 4.69) is 0 Å². The van der Waals surface area contributed by atoms with E-state index in [0.717, 1.165) is 25.0 Å². The molecule has 0 aromatic heterocycles. The van der Waals surface area contributed by atoms with Gasteiger partial charge in [-0.2, -0.15) is 0 Å². The highest BCUT2D eigenvalue weighted by atomic mass is 16.5. The average molecular weight is 199 g/mol. The van der Waals surface area contributed by atoms with Gasteiger partial charge in [-0.05, 0) is 26.9 Å². The minimum absolute atomic E-state index is 0.217. The van der Waals surface area contributed by atoms with Crippen LogP contribution in [0.2, 0.25) is 0 Å². The van der Waals surface area contributed by atoms with Crippen LogP contribution in [0.15, 0.2) is 11.6 Å². The van der Waals surface area contributed by atoms with Crippen LogP contribution in [0, 0.1) is 0 Å². The highest BCUT2D eigenvalue weighted by Crippen LogP contribution is 2.05. The molecule has 14 heavy (non-hydrogen) atoms. The highest BCUT2D eigenvalue weighted by molar-refractivity contribution is 5.82. The Balaban J connectivity index is 3.79. The number of ether oxygens (including phenoxy) is 1. The van der Waals surface area contributed by atoms with Gasteiger partial charge in [-0.15, -0.1) is 0 Å². The van der Waals surface area contributed by atoms with E-state index in [1.54, 1.807) is 6.08 Å². The fraction of sp³-hybridized carbons (Fsp3) is 0.727. The second-order valence-corrected chi connectivity index (χ2v) is 3.48. The fourth-order valence-corrected chi connectivity index (χ4v) is 0.991. The van der Waals surface area contributed by atoms with Crippen LogP contribution < -0.4 is 0 Å². The molecule has 0 heterocycles. The third kappa shape index (κ3) is 6.66. The molecule has 82 valence electrons. The monoisotopic (exact) mass is 199 g/mol. The summed E-state index contributed by atoms with van der Waals surface area (Å²) in [6, 6.07) is 0. The normalized spacial score (nSPS) is 10.1. The molecule has 0 spiro atoms. The van der Waals surface area contributed by atoms with Gasteiger partial charge in [-0.1, -0.05) is 19.4 Å². The lowest BCUT2D eigenvalue weighted by atomic mass is 10.1. The van der Waals surface area contributed by atoms with E-state index in [1.165, 1.54) is 0 Å². The van der Waals surface area contributed by atoms with E-state index in [-0.39, 0.29) is 5.97 Å². The molecule has 0 atom stereocenters. The third-order valence-electron chi connectivity index (χ3n) is 2.01. The summed E-state index contributed by atoms with van der Waals surface area (Å²) >= 11 is 0. The molecule has 3 nitrogen and oxygen atoms in total. The molecule has 0 saturated heterocycles. The summed E-state index contributed by atoms with van der Waals surface area (Å²) in [6.07, 6.45) is 3.44. The first-order valence-electron chi connectivity index (χ1n) is 5.11. The van der Waals surface area contributed by atoms with Crippen molar-refractivity contribution in [2.24, 2.45) is 0 Å². The van der Waals surface area contributed by atoms with Crippen LogP contribution in [0.3, 0.4) is 0 Å². The summed E-state index contributed by atoms with van der Waals surface area (Å²) in [7, 11) is 3.90. The number of allylic oxidation sites excluding steroid dienone is 1. The Kier molecular flexibility index (Phi) is 7.11. The number of nitrogens with zero attached hydrogens (tertiary/aromatic N) is 1. The maximum absolute atomic E-state index is 11.2. The molecule has 0 aliphatic rings. The smallest absolute Gasteiger partial charge is 0.330 e. The predicted octanol–water partition coefficient (Wildman–Crippen LogP) is 1.84. The minimum Gasteiger partial charge on any atom is -0.461 e. The summed E-state index contributed by atoms with van der Waals surface area (Å²) < 4.78 is 5.03. The first-order valence-corrected chi connectivity index (χ1v) is 5.11. The largest absolute Gasteiger partial charge is 0.461 e. The van der Waals surface area contributed by atoms with Crippen molar-refractivity contribution in [3.8, 4) is 0 Å². The van der Waals surface area contributed by atoms with Crippen molar-refractivity contribution in [2.75, 3.05) is 27.2 Å². The number of likely N-dealkylation sites (N-methyl/N-ethyl adjacent to an activating group) is 1. The van der Waals surface area contributed by atoms with Crippen LogP contribution in [0.25, 0.3) is 0 Å². The van der Waals surface area contributed by atoms with Crippen molar-refractivity contribution < 1.29 is 9.53 Å². The topological polar surface area (TPSA) is 29.5 Å². The molecule has 0 saturated carbocycles. The predicted molar refractivity (Wildman–Crippen MR) is 58.2 cm³/mol. The van der Waals surface area contributed by atoms with Crippen molar-refractivity contribution in [2.45, 2.75) is 26.7 Å². The zero-order chi connectivity index (χ0) is 11.0. The van der Waals surface area contributed by atoms with E-state index in [0.29, 0.717) is 6.61 Å². The highest BCUT2D eigenvalue weighted by Gasteiger charge is 2.00. The zero-order valence-corrected chi connectivity index (χ0v) is 9.67. The Morgan fingerprint density at radius 1 is 1.29 bits per heavy atom. The summed E-state index contributed by atoms with van der Waals surface area (Å²) in [6.45, 7) is 5.32. The van der Waals surface area contributed by atoms with Crippen molar-refractivity contribution in [3.63, 3.8) is 0 Å². The van der Waals surface area contributed by atoms with Gasteiger partial charge in [0.2, 0.25) is 0 Å². The van der Waals surface area contributed by atoms with Gasteiger partial charge in [-0.3, -0.25) is 0 Å². The standard InChI is InChI=1S/C11H21NO2/c1-5-10(6-2)9-11(13)14-8-7-12(3)4/h9H,5-8H2,1-4H3. The molecule has 0 unspecified atom stereocenters. The molecular formula is C11H21NO2. The van der Waals surface area contributed by atoms with Gasteiger partial charge in [0.1, 0.15) is 6.61 Å². The number of rotatable bonds is 6. The molecule has 0 aliphatic carbocycles. The lowest BCUT2D eigenvalue weighted by molar-refractivity contribution is -0.138. The molecule has 3 heteroatoms. The SMILES string of the molecule is CCC(=CC(=O)OCCN(C)C)CC. The Bertz CT molecular complexity index is 191. The molecular weight excluding hydrogens is 178 g/mol. The number of carbonyl (C=O) groups excluding carboxylic acids is 1. The molecule has 0 aromatic carbocycles. The Hall–Kier alpha value is -0.830. The maximum Gasteiger partial charge on any atom is 0.330 e. The second kappa shape index (κ2) is 7.56. The number of esters is 1. The lowest BCUT2D eigenvalue weighted by Crippen LogP contribution is -2.19. The summed E-state index contributed by atoms with van der Waals surface area (Å²) in [5.41, 5.74) is 1.14. The molecule has 0 aliphatic heterocycles. The van der Waals surface area contributed by atoms with Crippen LogP contribution in [-0.2, 0) is 9.53 Å². The molecule has 0 rings (SSSR count). The van der Waals surface area contributed by atoms with E-state index in [9.17, 15) is 4.79 Å². The molecule has 0 amide bonds. The molecule has 0 aromatic rings. The fourth-order valence-electron chi connectivity index (χ4n) is 0.991. The molecule has 0 fully saturated rings. The van der Waals surface area contributed by atoms with Crippen molar-refractivity contribution in [1.82, 2.24) is 4.90 Å². The molecule has 0 N–H and O–H groups in total. The Morgan fingerprint density at radius 2 is 1.86 bits per heavy atom. The van der Waals surface area contributed by atoms with Gasteiger partial charge in [0.05, 0.1) is 0 Å². The van der Waals surface area contributed by atoms with Gasteiger partial charge >= 0.3 is 5.97 Å². The van der Waals surface area contributed by atoms with Crippen molar-refractivity contribution in [3.05, 3.63) is 11.6 Å². The lowest BCUT2D eigenvalue weighted by Gasteiger charge is -2.09. The average Bonchev–Trinajstić information content (AvgIpc) is 2.13. The van der Waals surface area contributed by atoms with Crippen LogP contribution >= 0.6 is 0 Å². The number of hydrogen-bond acceptors (Lipinski definition) is 3. The summed E-state index contributed by atoms with van der Waals surface area (Å²) in [5, 5.41) is 0. The Morgan fingerprint density at radius 3 is 2.29 bits per heavy atom. The zero-order valence-electron chi connectivity index (χ0n) is 9.67. The first-order chi connectivity index (χ1) is 6.60. The van der Waals surface area contributed by atoms with Gasteiger partial charge in [0.25, 0.3) is 0 Å². The minimum atomic E-state index is -0.217. The third-order valence-corrected chi connectivity index (χ3v) is 2.01. The van der Waals surface area contributed by atoms with Gasteiger partial charge in [0, 0.05) is 12.6 Å².